The number of tetrazole rings is 1. The first-order chi connectivity index (χ1) is 11.1. The molecule has 1 aliphatic heterocycles. The number of aryl methyl sites for hydroxylation is 1. The van der Waals surface area contributed by atoms with E-state index in [2.05, 4.69) is 10.4 Å². The molecule has 1 aromatic heterocycles. The molecule has 0 radical (unpaired) electrons. The zero-order valence-electron chi connectivity index (χ0n) is 12.4. The first-order valence-corrected chi connectivity index (χ1v) is 7.08. The second-order valence-electron chi connectivity index (χ2n) is 5.14. The summed E-state index contributed by atoms with van der Waals surface area (Å²) in [5.41, 5.74) is -0.469. The van der Waals surface area contributed by atoms with Crippen LogP contribution >= 0.6 is 0 Å². The molecule has 1 fully saturated rings. The van der Waals surface area contributed by atoms with E-state index in [1.165, 1.54) is 25.2 Å². The Balaban J connectivity index is 2.02. The van der Waals surface area contributed by atoms with Crippen molar-refractivity contribution in [1.29, 1.82) is 0 Å². The Morgan fingerprint density at radius 2 is 2.09 bits per heavy atom. The summed E-state index contributed by atoms with van der Waals surface area (Å²) in [6.45, 7) is 1.19. The van der Waals surface area contributed by atoms with Crippen LogP contribution in [0.15, 0.2) is 23.0 Å². The molecule has 1 aliphatic rings. The lowest BCUT2D eigenvalue weighted by molar-refractivity contribution is -0.384. The number of nitro groups is 1. The normalized spacial score (nSPS) is 15.5. The van der Waals surface area contributed by atoms with Crippen LogP contribution in [0.25, 0.3) is 5.69 Å². The summed E-state index contributed by atoms with van der Waals surface area (Å²) in [6.07, 6.45) is 1.36. The van der Waals surface area contributed by atoms with Crippen LogP contribution in [-0.2, 0) is 11.8 Å². The van der Waals surface area contributed by atoms with Gasteiger partial charge in [-0.1, -0.05) is 0 Å². The largest absolute Gasteiger partial charge is 0.488 e. The minimum Gasteiger partial charge on any atom is -0.488 e. The van der Waals surface area contributed by atoms with E-state index in [4.69, 9.17) is 9.47 Å². The third-order valence-corrected chi connectivity index (χ3v) is 3.57. The fraction of sp³-hybridized carbons (Fsp3) is 0.462. The van der Waals surface area contributed by atoms with Crippen LogP contribution in [0.2, 0.25) is 0 Å². The van der Waals surface area contributed by atoms with Crippen molar-refractivity contribution in [3.8, 4) is 11.4 Å². The average molecular weight is 321 g/mol. The van der Waals surface area contributed by atoms with Crippen molar-refractivity contribution in [3.05, 3.63) is 38.8 Å². The van der Waals surface area contributed by atoms with Gasteiger partial charge in [0, 0.05) is 32.0 Å². The molecular weight excluding hydrogens is 306 g/mol. The molecule has 0 spiro atoms. The predicted octanol–water partition coefficient (Wildman–Crippen LogP) is 0.432. The minimum absolute atomic E-state index is 0.0728. The summed E-state index contributed by atoms with van der Waals surface area (Å²) in [5.74, 6) is 0.352. The smallest absolute Gasteiger partial charge is 0.368 e. The van der Waals surface area contributed by atoms with E-state index in [0.29, 0.717) is 31.8 Å². The molecule has 0 aliphatic carbocycles. The molecule has 2 heterocycles. The standard InChI is InChI=1S/C13H15N5O5/c1-16-13(19)17(15-14-16)11-8-9(18(20)21)2-3-12(11)23-10-4-6-22-7-5-10/h2-3,8,10H,4-7H2,1H3. The number of hydrogen-bond acceptors (Lipinski definition) is 7. The van der Waals surface area contributed by atoms with E-state index < -0.39 is 10.6 Å². The predicted molar refractivity (Wildman–Crippen MR) is 77.7 cm³/mol. The highest BCUT2D eigenvalue weighted by atomic mass is 16.6. The molecule has 0 amide bonds. The number of nitro benzene ring substituents is 1. The Morgan fingerprint density at radius 1 is 1.35 bits per heavy atom. The van der Waals surface area contributed by atoms with Crippen LogP contribution in [0, 0.1) is 10.1 Å². The highest BCUT2D eigenvalue weighted by molar-refractivity contribution is 5.53. The monoisotopic (exact) mass is 321 g/mol. The van der Waals surface area contributed by atoms with Crippen LogP contribution < -0.4 is 10.4 Å². The molecule has 3 rings (SSSR count). The molecule has 2 aromatic rings. The number of aromatic nitrogens is 4. The molecule has 122 valence electrons. The second-order valence-corrected chi connectivity index (χ2v) is 5.14. The van der Waals surface area contributed by atoms with Crippen LogP contribution in [0.3, 0.4) is 0 Å². The summed E-state index contributed by atoms with van der Waals surface area (Å²) >= 11 is 0. The Morgan fingerprint density at radius 3 is 2.70 bits per heavy atom. The summed E-state index contributed by atoms with van der Waals surface area (Å²) in [6, 6.07) is 4.06. The zero-order chi connectivity index (χ0) is 16.4. The van der Waals surface area contributed by atoms with Gasteiger partial charge in [-0.2, -0.15) is 9.36 Å². The average Bonchev–Trinajstić information content (AvgIpc) is 2.88. The molecular formula is C13H15N5O5. The maximum absolute atomic E-state index is 12.1. The quantitative estimate of drug-likeness (QED) is 0.592. The second kappa shape index (κ2) is 6.16. The van der Waals surface area contributed by atoms with Crippen molar-refractivity contribution in [3.63, 3.8) is 0 Å². The summed E-state index contributed by atoms with van der Waals surface area (Å²) < 4.78 is 13.2. The van der Waals surface area contributed by atoms with Crippen LogP contribution in [0.4, 0.5) is 5.69 Å². The van der Waals surface area contributed by atoms with Crippen LogP contribution in [-0.4, -0.2) is 44.0 Å². The van der Waals surface area contributed by atoms with Crippen molar-refractivity contribution in [1.82, 2.24) is 19.8 Å². The summed E-state index contributed by atoms with van der Waals surface area (Å²) in [5, 5.41) is 18.4. The Hall–Kier alpha value is -2.75. The minimum atomic E-state index is -0.539. The molecule has 10 heteroatoms. The topological polar surface area (TPSA) is 114 Å². The molecule has 0 bridgehead atoms. The van der Waals surface area contributed by atoms with Gasteiger partial charge in [-0.05, 0) is 16.5 Å². The van der Waals surface area contributed by atoms with Gasteiger partial charge >= 0.3 is 5.69 Å². The van der Waals surface area contributed by atoms with Gasteiger partial charge in [-0.25, -0.2) is 4.79 Å². The van der Waals surface area contributed by atoms with Crippen molar-refractivity contribution >= 4 is 5.69 Å². The van der Waals surface area contributed by atoms with Gasteiger partial charge in [-0.15, -0.1) is 0 Å². The molecule has 23 heavy (non-hydrogen) atoms. The SMILES string of the molecule is Cn1nnn(-c2cc([N+](=O)[O-])ccc2OC2CCOCC2)c1=O. The number of hydrogen-bond donors (Lipinski definition) is 0. The maximum atomic E-state index is 12.1. The van der Waals surface area contributed by atoms with Crippen LogP contribution in [0.1, 0.15) is 12.8 Å². The van der Waals surface area contributed by atoms with E-state index in [-0.39, 0.29) is 17.5 Å². The number of rotatable bonds is 4. The van der Waals surface area contributed by atoms with Gasteiger partial charge in [0.15, 0.2) is 0 Å². The van der Waals surface area contributed by atoms with Gasteiger partial charge in [0.25, 0.3) is 5.69 Å². The number of ether oxygens (including phenoxy) is 2. The molecule has 10 nitrogen and oxygen atoms in total. The lowest BCUT2D eigenvalue weighted by atomic mass is 10.1. The van der Waals surface area contributed by atoms with Gasteiger partial charge < -0.3 is 9.47 Å². The number of benzene rings is 1. The maximum Gasteiger partial charge on any atom is 0.368 e. The number of nitrogens with zero attached hydrogens (tertiary/aromatic N) is 5. The fourth-order valence-corrected chi connectivity index (χ4v) is 2.32. The van der Waals surface area contributed by atoms with Crippen molar-refractivity contribution in [2.75, 3.05) is 13.2 Å². The molecule has 0 atom stereocenters. The van der Waals surface area contributed by atoms with Crippen LogP contribution in [0.5, 0.6) is 5.75 Å². The Kier molecular flexibility index (Phi) is 4.06. The Labute approximate surface area is 130 Å². The van der Waals surface area contributed by atoms with Gasteiger partial charge in [0.1, 0.15) is 17.5 Å². The van der Waals surface area contributed by atoms with Crippen molar-refractivity contribution in [2.45, 2.75) is 18.9 Å². The van der Waals surface area contributed by atoms with E-state index in [0.717, 1.165) is 9.36 Å². The third kappa shape index (κ3) is 3.06. The summed E-state index contributed by atoms with van der Waals surface area (Å²) in [4.78, 5) is 22.5. The highest BCUT2D eigenvalue weighted by Gasteiger charge is 2.21. The zero-order valence-corrected chi connectivity index (χ0v) is 12.4. The van der Waals surface area contributed by atoms with Gasteiger partial charge in [0.2, 0.25) is 0 Å². The van der Waals surface area contributed by atoms with Gasteiger partial charge in [0.05, 0.1) is 18.1 Å². The first kappa shape index (κ1) is 15.2. The van der Waals surface area contributed by atoms with E-state index in [1.54, 1.807) is 0 Å². The molecule has 0 N–H and O–H groups in total. The highest BCUT2D eigenvalue weighted by Crippen LogP contribution is 2.28. The Bertz CT molecular complexity index is 777. The van der Waals surface area contributed by atoms with Crippen molar-refractivity contribution in [2.24, 2.45) is 7.05 Å². The fourth-order valence-electron chi connectivity index (χ4n) is 2.32. The lowest BCUT2D eigenvalue weighted by Gasteiger charge is -2.24. The van der Waals surface area contributed by atoms with Crippen molar-refractivity contribution < 1.29 is 14.4 Å². The third-order valence-electron chi connectivity index (χ3n) is 3.57. The van der Waals surface area contributed by atoms with E-state index >= 15 is 0 Å². The molecule has 0 saturated carbocycles. The first-order valence-electron chi connectivity index (χ1n) is 7.08. The summed E-state index contributed by atoms with van der Waals surface area (Å²) in [7, 11) is 1.45. The number of non-ortho nitro benzene ring substituents is 1. The van der Waals surface area contributed by atoms with E-state index in [1.807, 2.05) is 0 Å². The lowest BCUT2D eigenvalue weighted by Crippen LogP contribution is -2.27. The molecule has 1 saturated heterocycles. The molecule has 1 aromatic carbocycles. The molecule has 0 unspecified atom stereocenters. The van der Waals surface area contributed by atoms with Gasteiger partial charge in [-0.3, -0.25) is 10.1 Å². The van der Waals surface area contributed by atoms with E-state index in [9.17, 15) is 14.9 Å².